The van der Waals surface area contributed by atoms with E-state index in [9.17, 15) is 4.79 Å². The molecule has 146 valence electrons. The number of nitrogens with zero attached hydrogens (tertiary/aromatic N) is 3. The first-order chi connectivity index (χ1) is 12.9. The number of aliphatic imine (C=N–C) groups is 1. The Morgan fingerprint density at radius 3 is 2.33 bits per heavy atom. The monoisotopic (exact) mass is 371 g/mol. The molecule has 1 amide bonds. The molecule has 1 aromatic heterocycles. The predicted octanol–water partition coefficient (Wildman–Crippen LogP) is 1.95. The number of guanidine groups is 1. The van der Waals surface area contributed by atoms with Gasteiger partial charge in [0.1, 0.15) is 5.76 Å². The van der Waals surface area contributed by atoms with E-state index in [1.165, 1.54) is 0 Å². The highest BCUT2D eigenvalue weighted by Gasteiger charge is 2.17. The highest BCUT2D eigenvalue weighted by atomic mass is 16.3. The van der Waals surface area contributed by atoms with Crippen LogP contribution in [0, 0.1) is 0 Å². The second-order valence-electron chi connectivity index (χ2n) is 6.70. The van der Waals surface area contributed by atoms with Crippen LogP contribution in [-0.2, 0) is 6.54 Å². The predicted molar refractivity (Wildman–Crippen MR) is 108 cm³/mol. The summed E-state index contributed by atoms with van der Waals surface area (Å²) in [5.41, 5.74) is 1.75. The van der Waals surface area contributed by atoms with E-state index in [2.05, 4.69) is 20.5 Å². The number of carbonyl (C=O) groups excluding carboxylic acids is 1. The molecule has 7 nitrogen and oxygen atoms in total. The highest BCUT2D eigenvalue weighted by Crippen LogP contribution is 2.17. The Balaban J connectivity index is 1.89. The third kappa shape index (κ3) is 5.86. The lowest BCUT2D eigenvalue weighted by Crippen LogP contribution is -2.41. The third-order valence-electron chi connectivity index (χ3n) is 4.25. The zero-order chi connectivity index (χ0) is 19.8. The molecule has 1 heterocycles. The SMILES string of the molecule is CN=C(NCc1ccc(C(=O)N(C)C)cc1)NCC(c1ccco1)N(C)C. The minimum absolute atomic E-state index is 0.000334. The van der Waals surface area contributed by atoms with Crippen LogP contribution in [0.5, 0.6) is 0 Å². The molecule has 0 aliphatic carbocycles. The number of hydrogen-bond donors (Lipinski definition) is 2. The molecular weight excluding hydrogens is 342 g/mol. The molecule has 0 fully saturated rings. The molecule has 0 aliphatic heterocycles. The molecule has 0 radical (unpaired) electrons. The maximum atomic E-state index is 11.9. The first kappa shape index (κ1) is 20.5. The zero-order valence-electron chi connectivity index (χ0n) is 16.7. The van der Waals surface area contributed by atoms with Crippen LogP contribution < -0.4 is 10.6 Å². The summed E-state index contributed by atoms with van der Waals surface area (Å²) < 4.78 is 5.53. The first-order valence-corrected chi connectivity index (χ1v) is 8.87. The second-order valence-corrected chi connectivity index (χ2v) is 6.70. The summed E-state index contributed by atoms with van der Waals surface area (Å²) in [5, 5.41) is 6.62. The van der Waals surface area contributed by atoms with Crippen molar-refractivity contribution < 1.29 is 9.21 Å². The summed E-state index contributed by atoms with van der Waals surface area (Å²) in [4.78, 5) is 19.9. The fourth-order valence-electron chi connectivity index (χ4n) is 2.64. The average Bonchev–Trinajstić information content (AvgIpc) is 3.18. The average molecular weight is 371 g/mol. The Morgan fingerprint density at radius 2 is 1.81 bits per heavy atom. The quantitative estimate of drug-likeness (QED) is 0.575. The Labute approximate surface area is 161 Å². The van der Waals surface area contributed by atoms with Crippen molar-refractivity contribution in [3.63, 3.8) is 0 Å². The Kier molecular flexibility index (Phi) is 7.43. The van der Waals surface area contributed by atoms with Gasteiger partial charge < -0.3 is 20.0 Å². The van der Waals surface area contributed by atoms with Crippen LogP contribution in [0.15, 0.2) is 52.1 Å². The van der Waals surface area contributed by atoms with E-state index in [0.717, 1.165) is 11.3 Å². The van der Waals surface area contributed by atoms with E-state index in [1.807, 2.05) is 50.5 Å². The molecular formula is C20H29N5O2. The summed E-state index contributed by atoms with van der Waals surface area (Å²) >= 11 is 0. The molecule has 1 unspecified atom stereocenters. The summed E-state index contributed by atoms with van der Waals surface area (Å²) in [6.07, 6.45) is 1.68. The van der Waals surface area contributed by atoms with Gasteiger partial charge in [0.05, 0.1) is 12.3 Å². The number of furan rings is 1. The lowest BCUT2D eigenvalue weighted by Gasteiger charge is -2.23. The number of amides is 1. The van der Waals surface area contributed by atoms with Gasteiger partial charge in [0.25, 0.3) is 5.91 Å². The van der Waals surface area contributed by atoms with Gasteiger partial charge in [-0.1, -0.05) is 12.1 Å². The first-order valence-electron chi connectivity index (χ1n) is 8.87. The number of benzene rings is 1. The van der Waals surface area contributed by atoms with Gasteiger partial charge in [0.2, 0.25) is 0 Å². The van der Waals surface area contributed by atoms with Crippen LogP contribution in [0.4, 0.5) is 0 Å². The van der Waals surface area contributed by atoms with Gasteiger partial charge in [-0.2, -0.15) is 0 Å². The molecule has 1 atom stereocenters. The topological polar surface area (TPSA) is 73.1 Å². The van der Waals surface area contributed by atoms with Gasteiger partial charge in [-0.3, -0.25) is 14.7 Å². The number of hydrogen-bond acceptors (Lipinski definition) is 4. The molecule has 0 aliphatic rings. The molecule has 2 N–H and O–H groups in total. The van der Waals surface area contributed by atoms with E-state index in [1.54, 1.807) is 32.3 Å². The maximum Gasteiger partial charge on any atom is 0.253 e. The standard InChI is InChI=1S/C20H29N5O2/c1-21-20(23-14-17(24(2)3)18-7-6-12-27-18)22-13-15-8-10-16(11-9-15)19(26)25(4)5/h6-12,17H,13-14H2,1-5H3,(H2,21,22,23). The number of carbonyl (C=O) groups is 1. The van der Waals surface area contributed by atoms with E-state index >= 15 is 0 Å². The van der Waals surface area contributed by atoms with Gasteiger partial charge in [0.15, 0.2) is 5.96 Å². The molecule has 0 saturated carbocycles. The number of nitrogens with one attached hydrogen (secondary N) is 2. The van der Waals surface area contributed by atoms with Gasteiger partial charge in [0, 0.05) is 39.8 Å². The Hall–Kier alpha value is -2.80. The fraction of sp³-hybridized carbons (Fsp3) is 0.400. The number of likely N-dealkylation sites (N-methyl/N-ethyl adjacent to an activating group) is 1. The summed E-state index contributed by atoms with van der Waals surface area (Å²) in [6.45, 7) is 1.28. The minimum atomic E-state index is -0.000334. The molecule has 7 heteroatoms. The van der Waals surface area contributed by atoms with Gasteiger partial charge in [-0.25, -0.2) is 0 Å². The van der Waals surface area contributed by atoms with Crippen molar-refractivity contribution in [3.05, 3.63) is 59.5 Å². The Morgan fingerprint density at radius 1 is 1.11 bits per heavy atom. The van der Waals surface area contributed by atoms with E-state index in [-0.39, 0.29) is 11.9 Å². The largest absolute Gasteiger partial charge is 0.468 e. The van der Waals surface area contributed by atoms with Gasteiger partial charge in [-0.15, -0.1) is 0 Å². The van der Waals surface area contributed by atoms with Crippen molar-refractivity contribution in [1.29, 1.82) is 0 Å². The smallest absolute Gasteiger partial charge is 0.253 e. The van der Waals surface area contributed by atoms with Crippen LogP contribution in [0.2, 0.25) is 0 Å². The van der Waals surface area contributed by atoms with Crippen molar-refractivity contribution in [2.45, 2.75) is 12.6 Å². The van der Waals surface area contributed by atoms with Crippen molar-refractivity contribution in [2.24, 2.45) is 4.99 Å². The number of rotatable bonds is 7. The highest BCUT2D eigenvalue weighted by molar-refractivity contribution is 5.93. The normalized spacial score (nSPS) is 12.7. The lowest BCUT2D eigenvalue weighted by atomic mass is 10.1. The lowest BCUT2D eigenvalue weighted by molar-refractivity contribution is 0.0827. The third-order valence-corrected chi connectivity index (χ3v) is 4.25. The van der Waals surface area contributed by atoms with Crippen LogP contribution >= 0.6 is 0 Å². The Bertz CT molecular complexity index is 736. The van der Waals surface area contributed by atoms with Crippen molar-refractivity contribution in [1.82, 2.24) is 20.4 Å². The van der Waals surface area contributed by atoms with Gasteiger partial charge >= 0.3 is 0 Å². The molecule has 27 heavy (non-hydrogen) atoms. The fourth-order valence-corrected chi connectivity index (χ4v) is 2.64. The summed E-state index contributed by atoms with van der Waals surface area (Å²) in [6, 6.07) is 11.5. The van der Waals surface area contributed by atoms with Crippen LogP contribution in [0.25, 0.3) is 0 Å². The van der Waals surface area contributed by atoms with Crippen LogP contribution in [-0.4, -0.2) is 63.4 Å². The van der Waals surface area contributed by atoms with E-state index in [4.69, 9.17) is 4.42 Å². The van der Waals surface area contributed by atoms with Crippen molar-refractivity contribution in [3.8, 4) is 0 Å². The van der Waals surface area contributed by atoms with Crippen molar-refractivity contribution in [2.75, 3.05) is 41.8 Å². The van der Waals surface area contributed by atoms with Crippen molar-refractivity contribution >= 4 is 11.9 Å². The van der Waals surface area contributed by atoms with Crippen LogP contribution in [0.3, 0.4) is 0 Å². The summed E-state index contributed by atoms with van der Waals surface area (Å²) in [5.74, 6) is 1.62. The molecule has 0 saturated heterocycles. The minimum Gasteiger partial charge on any atom is -0.468 e. The van der Waals surface area contributed by atoms with Gasteiger partial charge in [-0.05, 0) is 43.9 Å². The second kappa shape index (κ2) is 9.78. The van der Waals surface area contributed by atoms with E-state index in [0.29, 0.717) is 24.6 Å². The maximum absolute atomic E-state index is 11.9. The zero-order valence-corrected chi connectivity index (χ0v) is 16.7. The summed E-state index contributed by atoms with van der Waals surface area (Å²) in [7, 11) is 9.27. The molecule has 0 spiro atoms. The molecule has 2 aromatic rings. The molecule has 2 rings (SSSR count). The van der Waals surface area contributed by atoms with E-state index < -0.39 is 0 Å². The molecule has 0 bridgehead atoms. The van der Waals surface area contributed by atoms with Crippen LogP contribution in [0.1, 0.15) is 27.7 Å². The molecule has 1 aromatic carbocycles.